The van der Waals surface area contributed by atoms with Gasteiger partial charge < -0.3 is 0 Å². The van der Waals surface area contributed by atoms with E-state index in [0.29, 0.717) is 6.42 Å². The number of likely N-dealkylation sites (tertiary alicyclic amines) is 1. The molecule has 0 aromatic heterocycles. The molecule has 1 unspecified atom stereocenters. The fourth-order valence-corrected chi connectivity index (χ4v) is 0.940. The number of allylic oxidation sites excluding steroid dienone is 2. The molecular formula is C10H17NO2. The lowest BCUT2D eigenvalue weighted by atomic mass is 10.1. The Morgan fingerprint density at radius 1 is 1.31 bits per heavy atom. The Bertz CT molecular complexity index is 217. The second kappa shape index (κ2) is 5.51. The first-order valence-corrected chi connectivity index (χ1v) is 4.42. The molecule has 0 aromatic rings. The van der Waals surface area contributed by atoms with Gasteiger partial charge in [0.15, 0.2) is 0 Å². The summed E-state index contributed by atoms with van der Waals surface area (Å²) in [6.07, 6.45) is 4.38. The Kier molecular flexibility index (Phi) is 5.04. The van der Waals surface area contributed by atoms with Crippen molar-refractivity contribution in [2.24, 2.45) is 5.92 Å². The van der Waals surface area contributed by atoms with E-state index >= 15 is 0 Å². The van der Waals surface area contributed by atoms with Crippen molar-refractivity contribution < 1.29 is 9.59 Å². The Morgan fingerprint density at radius 2 is 1.77 bits per heavy atom. The number of nitrogens with zero attached hydrogens (tertiary/aromatic N) is 1. The van der Waals surface area contributed by atoms with E-state index in [1.165, 1.54) is 11.9 Å². The minimum absolute atomic E-state index is 0.0556. The molecule has 1 saturated heterocycles. The van der Waals surface area contributed by atoms with Crippen molar-refractivity contribution in [2.45, 2.75) is 27.2 Å². The van der Waals surface area contributed by atoms with Gasteiger partial charge in [0, 0.05) is 19.4 Å². The highest BCUT2D eigenvalue weighted by Crippen LogP contribution is 2.15. The van der Waals surface area contributed by atoms with E-state index in [9.17, 15) is 9.59 Å². The molecule has 1 fully saturated rings. The van der Waals surface area contributed by atoms with Gasteiger partial charge in [-0.1, -0.05) is 19.1 Å². The number of hydrogen-bond donors (Lipinski definition) is 0. The Balaban J connectivity index is 0.000000310. The van der Waals surface area contributed by atoms with Crippen molar-refractivity contribution in [3.05, 3.63) is 12.2 Å². The predicted octanol–water partition coefficient (Wildman–Crippen LogP) is 1.59. The zero-order chi connectivity index (χ0) is 10.4. The molecule has 13 heavy (non-hydrogen) atoms. The third-order valence-electron chi connectivity index (χ3n) is 1.94. The van der Waals surface area contributed by atoms with Crippen molar-refractivity contribution in [1.29, 1.82) is 0 Å². The molecule has 0 bridgehead atoms. The molecule has 1 rings (SSSR count). The quantitative estimate of drug-likeness (QED) is 0.422. The summed E-state index contributed by atoms with van der Waals surface area (Å²) in [5.41, 5.74) is 0. The minimum atomic E-state index is -0.0949. The molecule has 1 aliphatic heterocycles. The van der Waals surface area contributed by atoms with E-state index in [2.05, 4.69) is 0 Å². The second-order valence-electron chi connectivity index (χ2n) is 3.06. The van der Waals surface area contributed by atoms with Crippen molar-refractivity contribution in [2.75, 3.05) is 7.05 Å². The summed E-state index contributed by atoms with van der Waals surface area (Å²) in [7, 11) is 1.52. The molecule has 0 aliphatic carbocycles. The average molecular weight is 183 g/mol. The first kappa shape index (κ1) is 11.9. The van der Waals surface area contributed by atoms with Crippen LogP contribution >= 0.6 is 0 Å². The van der Waals surface area contributed by atoms with Gasteiger partial charge >= 0.3 is 0 Å². The van der Waals surface area contributed by atoms with E-state index in [4.69, 9.17) is 0 Å². The van der Waals surface area contributed by atoms with Crippen LogP contribution in [-0.4, -0.2) is 23.8 Å². The molecule has 1 heterocycles. The first-order valence-electron chi connectivity index (χ1n) is 4.42. The van der Waals surface area contributed by atoms with E-state index in [0.717, 1.165) is 0 Å². The van der Waals surface area contributed by atoms with Gasteiger partial charge in [0.25, 0.3) is 0 Å². The highest BCUT2D eigenvalue weighted by atomic mass is 16.2. The van der Waals surface area contributed by atoms with Gasteiger partial charge in [0.2, 0.25) is 11.8 Å². The van der Waals surface area contributed by atoms with Crippen molar-refractivity contribution in [1.82, 2.24) is 4.90 Å². The second-order valence-corrected chi connectivity index (χ2v) is 3.06. The topological polar surface area (TPSA) is 37.4 Å². The number of carbonyl (C=O) groups is 2. The van der Waals surface area contributed by atoms with Crippen molar-refractivity contribution in [3.63, 3.8) is 0 Å². The van der Waals surface area contributed by atoms with Crippen molar-refractivity contribution >= 4 is 11.8 Å². The van der Waals surface area contributed by atoms with Gasteiger partial charge in [0.1, 0.15) is 0 Å². The molecule has 0 radical (unpaired) electrons. The van der Waals surface area contributed by atoms with Crippen molar-refractivity contribution in [3.8, 4) is 0 Å². The Hall–Kier alpha value is -1.12. The molecule has 0 N–H and O–H groups in total. The number of carbonyl (C=O) groups excluding carboxylic acids is 2. The van der Waals surface area contributed by atoms with Gasteiger partial charge in [-0.2, -0.15) is 0 Å². The fraction of sp³-hybridized carbons (Fsp3) is 0.600. The van der Waals surface area contributed by atoms with Crippen LogP contribution in [0.5, 0.6) is 0 Å². The van der Waals surface area contributed by atoms with Crippen LogP contribution in [-0.2, 0) is 9.59 Å². The van der Waals surface area contributed by atoms with Crippen LogP contribution in [0.2, 0.25) is 0 Å². The zero-order valence-electron chi connectivity index (χ0n) is 8.70. The molecule has 3 heteroatoms. The maximum atomic E-state index is 10.8. The summed E-state index contributed by atoms with van der Waals surface area (Å²) in [5.74, 6) is -0.213. The largest absolute Gasteiger partial charge is 0.286 e. The van der Waals surface area contributed by atoms with E-state index in [-0.39, 0.29) is 17.7 Å². The van der Waals surface area contributed by atoms with Gasteiger partial charge in [-0.25, -0.2) is 0 Å². The van der Waals surface area contributed by atoms with Crippen LogP contribution in [0, 0.1) is 5.92 Å². The van der Waals surface area contributed by atoms with Crippen LogP contribution in [0.25, 0.3) is 0 Å². The standard InChI is InChI=1S/C6H9NO2.C4H8/c1-4-3-5(8)7(2)6(4)9;1-3-4-2/h4H,3H2,1-2H3;3-4H,1-2H3/b;4-3-. The predicted molar refractivity (Wildman–Crippen MR) is 52.0 cm³/mol. The third kappa shape index (κ3) is 3.40. The molecule has 1 atom stereocenters. The molecule has 0 spiro atoms. The van der Waals surface area contributed by atoms with Gasteiger partial charge in [-0.3, -0.25) is 14.5 Å². The average Bonchev–Trinajstić information content (AvgIpc) is 2.34. The van der Waals surface area contributed by atoms with Crippen LogP contribution < -0.4 is 0 Å². The molecule has 1 aliphatic rings. The summed E-state index contributed by atoms with van der Waals surface area (Å²) in [6.45, 7) is 5.77. The minimum Gasteiger partial charge on any atom is -0.286 e. The highest BCUT2D eigenvalue weighted by molar-refractivity contribution is 6.02. The molecule has 0 aromatic carbocycles. The highest BCUT2D eigenvalue weighted by Gasteiger charge is 2.32. The summed E-state index contributed by atoms with van der Waals surface area (Å²) in [6, 6.07) is 0. The molecule has 3 nitrogen and oxygen atoms in total. The lowest BCUT2D eigenvalue weighted by Gasteiger charge is -2.03. The SMILES string of the molecule is C/C=C\C.CC1CC(=O)N(C)C1=O. The number of amides is 2. The summed E-state index contributed by atoms with van der Waals surface area (Å²) in [5, 5.41) is 0. The number of rotatable bonds is 0. The number of hydrogen-bond acceptors (Lipinski definition) is 2. The Labute approximate surface area is 79.4 Å². The fourth-order valence-electron chi connectivity index (χ4n) is 0.940. The van der Waals surface area contributed by atoms with Crippen LogP contribution in [0.1, 0.15) is 27.2 Å². The normalized spacial score (nSPS) is 22.2. The molecule has 2 amide bonds. The van der Waals surface area contributed by atoms with Gasteiger partial charge in [0.05, 0.1) is 0 Å². The number of imide groups is 1. The summed E-state index contributed by atoms with van der Waals surface area (Å²) < 4.78 is 0. The lowest BCUT2D eigenvalue weighted by Crippen LogP contribution is -2.24. The van der Waals surface area contributed by atoms with Crippen LogP contribution in [0.15, 0.2) is 12.2 Å². The molecule has 0 saturated carbocycles. The van der Waals surface area contributed by atoms with Crippen LogP contribution in [0.3, 0.4) is 0 Å². The lowest BCUT2D eigenvalue weighted by molar-refractivity contribution is -0.137. The smallest absolute Gasteiger partial charge is 0.232 e. The summed E-state index contributed by atoms with van der Waals surface area (Å²) >= 11 is 0. The van der Waals surface area contributed by atoms with E-state index < -0.39 is 0 Å². The molecule has 74 valence electrons. The first-order chi connectivity index (χ1) is 6.04. The maximum Gasteiger partial charge on any atom is 0.232 e. The van der Waals surface area contributed by atoms with Crippen LogP contribution in [0.4, 0.5) is 0 Å². The monoisotopic (exact) mass is 183 g/mol. The summed E-state index contributed by atoms with van der Waals surface area (Å²) in [4.78, 5) is 22.7. The van der Waals surface area contributed by atoms with Gasteiger partial charge in [-0.15, -0.1) is 0 Å². The maximum absolute atomic E-state index is 10.8. The van der Waals surface area contributed by atoms with Gasteiger partial charge in [-0.05, 0) is 13.8 Å². The van der Waals surface area contributed by atoms with E-state index in [1.54, 1.807) is 6.92 Å². The van der Waals surface area contributed by atoms with E-state index in [1.807, 2.05) is 26.0 Å². The third-order valence-corrected chi connectivity index (χ3v) is 1.94. The Morgan fingerprint density at radius 3 is 1.85 bits per heavy atom. The zero-order valence-corrected chi connectivity index (χ0v) is 8.70. The molecular weight excluding hydrogens is 166 g/mol.